The lowest BCUT2D eigenvalue weighted by Gasteiger charge is -2.33. The third kappa shape index (κ3) is 4.32. The molecule has 2 aliphatic rings. The molecule has 1 aromatic carbocycles. The molecule has 5 heteroatoms. The molecule has 2 amide bonds. The molecule has 0 spiro atoms. The topological polar surface area (TPSA) is 61.4 Å². The molecule has 1 saturated heterocycles. The Kier molecular flexibility index (Phi) is 4.96. The van der Waals surface area contributed by atoms with Gasteiger partial charge in [-0.2, -0.15) is 0 Å². The Balaban J connectivity index is 1.51. The molecule has 0 bridgehead atoms. The van der Waals surface area contributed by atoms with E-state index < -0.39 is 0 Å². The Bertz CT molecular complexity index is 557. The van der Waals surface area contributed by atoms with Gasteiger partial charge in [0.2, 0.25) is 11.8 Å². The van der Waals surface area contributed by atoms with E-state index in [1.54, 1.807) is 0 Å². The van der Waals surface area contributed by atoms with Crippen molar-refractivity contribution in [2.45, 2.75) is 38.3 Å². The van der Waals surface area contributed by atoms with Gasteiger partial charge in [0, 0.05) is 19.6 Å². The van der Waals surface area contributed by atoms with E-state index >= 15 is 0 Å². The fourth-order valence-corrected chi connectivity index (χ4v) is 3.06. The highest BCUT2D eigenvalue weighted by Crippen LogP contribution is 2.30. The van der Waals surface area contributed by atoms with Gasteiger partial charge in [0.05, 0.1) is 18.5 Å². The third-order valence-electron chi connectivity index (χ3n) is 4.62. The largest absolute Gasteiger partial charge is 0.350 e. The van der Waals surface area contributed by atoms with Crippen LogP contribution in [0, 0.1) is 5.92 Å². The number of rotatable bonds is 6. The SMILES string of the molecule is CC(NC(=O)CC1NCCN(CC2CC2)C1=O)c1ccccc1. The second-order valence-corrected chi connectivity index (χ2v) is 6.64. The second kappa shape index (κ2) is 7.13. The molecule has 1 heterocycles. The van der Waals surface area contributed by atoms with E-state index in [-0.39, 0.29) is 30.3 Å². The van der Waals surface area contributed by atoms with Crippen molar-refractivity contribution in [2.24, 2.45) is 5.92 Å². The highest BCUT2D eigenvalue weighted by atomic mass is 16.2. The van der Waals surface area contributed by atoms with Crippen molar-refractivity contribution in [1.82, 2.24) is 15.5 Å². The van der Waals surface area contributed by atoms with Crippen LogP contribution >= 0.6 is 0 Å². The molecule has 2 N–H and O–H groups in total. The summed E-state index contributed by atoms with van der Waals surface area (Å²) in [7, 11) is 0. The minimum absolute atomic E-state index is 0.0510. The van der Waals surface area contributed by atoms with Crippen molar-refractivity contribution in [1.29, 1.82) is 0 Å². The minimum Gasteiger partial charge on any atom is -0.350 e. The lowest BCUT2D eigenvalue weighted by Crippen LogP contribution is -2.56. The summed E-state index contributed by atoms with van der Waals surface area (Å²) < 4.78 is 0. The first kappa shape index (κ1) is 16.0. The molecule has 1 aromatic rings. The number of hydrogen-bond donors (Lipinski definition) is 2. The number of piperazine rings is 1. The fourth-order valence-electron chi connectivity index (χ4n) is 3.06. The van der Waals surface area contributed by atoms with E-state index in [0.29, 0.717) is 5.92 Å². The Labute approximate surface area is 137 Å². The Morgan fingerprint density at radius 1 is 1.35 bits per heavy atom. The molecule has 1 aliphatic carbocycles. The summed E-state index contributed by atoms with van der Waals surface area (Å²) in [6.45, 7) is 4.35. The fraction of sp³-hybridized carbons (Fsp3) is 0.556. The van der Waals surface area contributed by atoms with Crippen LogP contribution in [0.3, 0.4) is 0 Å². The predicted molar refractivity (Wildman–Crippen MR) is 88.7 cm³/mol. The summed E-state index contributed by atoms with van der Waals surface area (Å²) in [4.78, 5) is 26.6. The average molecular weight is 315 g/mol. The molecule has 2 unspecified atom stereocenters. The number of nitrogens with one attached hydrogen (secondary N) is 2. The quantitative estimate of drug-likeness (QED) is 0.835. The van der Waals surface area contributed by atoms with E-state index in [1.807, 2.05) is 42.2 Å². The van der Waals surface area contributed by atoms with Crippen molar-refractivity contribution in [2.75, 3.05) is 19.6 Å². The molecule has 3 rings (SSSR count). The Hall–Kier alpha value is -1.88. The summed E-state index contributed by atoms with van der Waals surface area (Å²) >= 11 is 0. The molecule has 2 atom stereocenters. The Morgan fingerprint density at radius 2 is 2.09 bits per heavy atom. The number of carbonyl (C=O) groups is 2. The van der Waals surface area contributed by atoms with Crippen LogP contribution in [0.4, 0.5) is 0 Å². The molecule has 0 aromatic heterocycles. The first-order valence-corrected chi connectivity index (χ1v) is 8.50. The van der Waals surface area contributed by atoms with E-state index in [9.17, 15) is 9.59 Å². The highest BCUT2D eigenvalue weighted by molar-refractivity contribution is 5.89. The van der Waals surface area contributed by atoms with Crippen molar-refractivity contribution < 1.29 is 9.59 Å². The van der Waals surface area contributed by atoms with Crippen molar-refractivity contribution in [3.63, 3.8) is 0 Å². The summed E-state index contributed by atoms with van der Waals surface area (Å²) in [5, 5.41) is 6.17. The summed E-state index contributed by atoms with van der Waals surface area (Å²) in [6, 6.07) is 9.42. The predicted octanol–water partition coefficient (Wildman–Crippen LogP) is 1.46. The lowest BCUT2D eigenvalue weighted by atomic mass is 10.1. The molecule has 1 saturated carbocycles. The maximum Gasteiger partial charge on any atom is 0.240 e. The summed E-state index contributed by atoms with van der Waals surface area (Å²) in [5.74, 6) is 0.677. The van der Waals surface area contributed by atoms with Gasteiger partial charge in [-0.15, -0.1) is 0 Å². The smallest absolute Gasteiger partial charge is 0.240 e. The zero-order chi connectivity index (χ0) is 16.2. The third-order valence-corrected chi connectivity index (χ3v) is 4.62. The van der Waals surface area contributed by atoms with Crippen LogP contribution < -0.4 is 10.6 Å². The molecule has 5 nitrogen and oxygen atoms in total. The average Bonchev–Trinajstić information content (AvgIpc) is 3.36. The molecule has 124 valence electrons. The number of amides is 2. The second-order valence-electron chi connectivity index (χ2n) is 6.64. The first-order valence-electron chi connectivity index (χ1n) is 8.50. The number of benzene rings is 1. The van der Waals surface area contributed by atoms with Crippen LogP contribution in [0.5, 0.6) is 0 Å². The van der Waals surface area contributed by atoms with E-state index in [4.69, 9.17) is 0 Å². The molecular formula is C18H25N3O2. The molecular weight excluding hydrogens is 290 g/mol. The van der Waals surface area contributed by atoms with Crippen molar-refractivity contribution >= 4 is 11.8 Å². The van der Waals surface area contributed by atoms with Gasteiger partial charge in [0.1, 0.15) is 0 Å². The van der Waals surface area contributed by atoms with Crippen LogP contribution in [0.2, 0.25) is 0 Å². The van der Waals surface area contributed by atoms with Crippen LogP contribution in [0.1, 0.15) is 37.8 Å². The van der Waals surface area contributed by atoms with E-state index in [0.717, 1.165) is 25.2 Å². The maximum atomic E-state index is 12.5. The number of carbonyl (C=O) groups excluding carboxylic acids is 2. The summed E-state index contributed by atoms with van der Waals surface area (Å²) in [5.41, 5.74) is 1.07. The number of nitrogens with zero attached hydrogens (tertiary/aromatic N) is 1. The minimum atomic E-state index is -0.384. The molecule has 23 heavy (non-hydrogen) atoms. The number of hydrogen-bond acceptors (Lipinski definition) is 3. The maximum absolute atomic E-state index is 12.5. The van der Waals surface area contributed by atoms with Crippen LogP contribution in [-0.2, 0) is 9.59 Å². The molecule has 0 radical (unpaired) electrons. The van der Waals surface area contributed by atoms with Gasteiger partial charge >= 0.3 is 0 Å². The lowest BCUT2D eigenvalue weighted by molar-refractivity contribution is -0.138. The van der Waals surface area contributed by atoms with Crippen LogP contribution in [0.15, 0.2) is 30.3 Å². The molecule has 2 fully saturated rings. The zero-order valence-corrected chi connectivity index (χ0v) is 13.6. The van der Waals surface area contributed by atoms with Crippen molar-refractivity contribution in [3.05, 3.63) is 35.9 Å². The van der Waals surface area contributed by atoms with Gasteiger partial charge in [0.25, 0.3) is 0 Å². The molecule has 1 aliphatic heterocycles. The van der Waals surface area contributed by atoms with E-state index in [1.165, 1.54) is 12.8 Å². The van der Waals surface area contributed by atoms with Gasteiger partial charge in [0.15, 0.2) is 0 Å². The van der Waals surface area contributed by atoms with Gasteiger partial charge in [-0.05, 0) is 31.2 Å². The van der Waals surface area contributed by atoms with Gasteiger partial charge in [-0.3, -0.25) is 9.59 Å². The van der Waals surface area contributed by atoms with Gasteiger partial charge in [-0.25, -0.2) is 0 Å². The standard InChI is InChI=1S/C18H25N3O2/c1-13(15-5-3-2-4-6-15)20-17(22)11-16-18(23)21(10-9-19-16)12-14-7-8-14/h2-6,13-14,16,19H,7-12H2,1H3,(H,20,22). The van der Waals surface area contributed by atoms with E-state index in [2.05, 4.69) is 10.6 Å². The van der Waals surface area contributed by atoms with Crippen LogP contribution in [0.25, 0.3) is 0 Å². The van der Waals surface area contributed by atoms with Crippen molar-refractivity contribution in [3.8, 4) is 0 Å². The Morgan fingerprint density at radius 3 is 2.78 bits per heavy atom. The zero-order valence-electron chi connectivity index (χ0n) is 13.6. The van der Waals surface area contributed by atoms with Gasteiger partial charge in [-0.1, -0.05) is 30.3 Å². The normalized spacial score (nSPS) is 22.7. The summed E-state index contributed by atoms with van der Waals surface area (Å²) in [6.07, 6.45) is 2.67. The first-order chi connectivity index (χ1) is 11.1. The van der Waals surface area contributed by atoms with Crippen LogP contribution in [-0.4, -0.2) is 42.4 Å². The highest BCUT2D eigenvalue weighted by Gasteiger charge is 2.33. The monoisotopic (exact) mass is 315 g/mol. The van der Waals surface area contributed by atoms with Gasteiger partial charge < -0.3 is 15.5 Å².